The maximum atomic E-state index is 13.4. The number of hydrogen-bond acceptors (Lipinski definition) is 4. The van der Waals surface area contributed by atoms with Crippen LogP contribution in [-0.4, -0.2) is 22.6 Å². The molecule has 4 nitrogen and oxygen atoms in total. The molecule has 0 spiro atoms. The van der Waals surface area contributed by atoms with E-state index < -0.39 is 5.82 Å². The van der Waals surface area contributed by atoms with Crippen molar-refractivity contribution in [1.82, 2.24) is 9.97 Å². The van der Waals surface area contributed by atoms with Crippen LogP contribution in [0, 0.1) is 5.82 Å². The lowest BCUT2D eigenvalue weighted by Crippen LogP contribution is -2.27. The molecule has 0 unspecified atom stereocenters. The Morgan fingerprint density at radius 1 is 1.64 bits per heavy atom. The highest BCUT2D eigenvalue weighted by molar-refractivity contribution is 5.44. The van der Waals surface area contributed by atoms with Gasteiger partial charge in [-0.1, -0.05) is 0 Å². The maximum absolute atomic E-state index is 13.4. The number of nitrogens with zero attached hydrogens (tertiary/aromatic N) is 3. The van der Waals surface area contributed by atoms with E-state index >= 15 is 0 Å². The fraction of sp³-hybridized carbons (Fsp3) is 0.556. The van der Waals surface area contributed by atoms with Crippen molar-refractivity contribution < 1.29 is 4.39 Å². The van der Waals surface area contributed by atoms with E-state index in [2.05, 4.69) is 9.97 Å². The number of hydrogen-bond donors (Lipinski definition) is 1. The van der Waals surface area contributed by atoms with Gasteiger partial charge in [0.2, 0.25) is 5.95 Å². The van der Waals surface area contributed by atoms with Crippen molar-refractivity contribution in [2.24, 2.45) is 0 Å². The van der Waals surface area contributed by atoms with E-state index in [4.69, 9.17) is 5.73 Å². The second kappa shape index (κ2) is 3.40. The van der Waals surface area contributed by atoms with Crippen molar-refractivity contribution in [3.8, 4) is 0 Å². The quantitative estimate of drug-likeness (QED) is 0.788. The Bertz CT molecular complexity index is 338. The molecule has 0 saturated heterocycles. The van der Waals surface area contributed by atoms with Crippen LogP contribution in [0.2, 0.25) is 0 Å². The number of rotatable bonds is 3. The molecule has 76 valence electrons. The van der Waals surface area contributed by atoms with Crippen molar-refractivity contribution in [3.05, 3.63) is 12.0 Å². The van der Waals surface area contributed by atoms with Gasteiger partial charge in [-0.25, -0.2) is 9.37 Å². The highest BCUT2D eigenvalue weighted by Crippen LogP contribution is 2.31. The van der Waals surface area contributed by atoms with Gasteiger partial charge in [-0.15, -0.1) is 0 Å². The molecule has 0 aromatic carbocycles. The monoisotopic (exact) mass is 196 g/mol. The summed E-state index contributed by atoms with van der Waals surface area (Å²) < 4.78 is 13.4. The van der Waals surface area contributed by atoms with Crippen LogP contribution in [0.3, 0.4) is 0 Å². The van der Waals surface area contributed by atoms with Crippen LogP contribution in [0.4, 0.5) is 16.2 Å². The molecule has 2 N–H and O–H groups in total. The zero-order valence-electron chi connectivity index (χ0n) is 8.07. The van der Waals surface area contributed by atoms with E-state index in [9.17, 15) is 4.39 Å². The Labute approximate surface area is 82.0 Å². The molecular formula is C9H13FN4. The highest BCUT2D eigenvalue weighted by Gasteiger charge is 2.30. The van der Waals surface area contributed by atoms with Gasteiger partial charge in [0.1, 0.15) is 0 Å². The predicted molar refractivity (Wildman–Crippen MR) is 52.4 cm³/mol. The van der Waals surface area contributed by atoms with Crippen molar-refractivity contribution in [3.63, 3.8) is 0 Å². The number of nitrogens with two attached hydrogens (primary N) is 1. The summed E-state index contributed by atoms with van der Waals surface area (Å²) >= 11 is 0. The second-order valence-corrected chi connectivity index (χ2v) is 3.42. The summed E-state index contributed by atoms with van der Waals surface area (Å²) in [5, 5.41) is 0. The molecule has 1 heterocycles. The molecule has 0 amide bonds. The summed E-state index contributed by atoms with van der Waals surface area (Å²) in [5.74, 6) is 0.0657. The van der Waals surface area contributed by atoms with Gasteiger partial charge in [-0.2, -0.15) is 4.98 Å². The Kier molecular flexibility index (Phi) is 2.23. The first-order valence-corrected chi connectivity index (χ1v) is 4.77. The number of aromatic nitrogens is 2. The highest BCUT2D eigenvalue weighted by atomic mass is 19.1. The van der Waals surface area contributed by atoms with Gasteiger partial charge >= 0.3 is 0 Å². The number of halogens is 1. The van der Waals surface area contributed by atoms with Gasteiger partial charge in [0.15, 0.2) is 11.6 Å². The average Bonchev–Trinajstić information content (AvgIpc) is 2.96. The van der Waals surface area contributed by atoms with Gasteiger partial charge < -0.3 is 10.6 Å². The Balaban J connectivity index is 2.32. The zero-order chi connectivity index (χ0) is 10.1. The Hall–Kier alpha value is -1.39. The minimum Gasteiger partial charge on any atom is -0.368 e. The maximum Gasteiger partial charge on any atom is 0.222 e. The Morgan fingerprint density at radius 2 is 2.36 bits per heavy atom. The molecule has 1 aromatic heterocycles. The fourth-order valence-corrected chi connectivity index (χ4v) is 1.54. The predicted octanol–water partition coefficient (Wildman–Crippen LogP) is 1.19. The van der Waals surface area contributed by atoms with Crippen LogP contribution in [0.25, 0.3) is 0 Å². The summed E-state index contributed by atoms with van der Waals surface area (Å²) in [6.07, 6.45) is 3.34. The lowest BCUT2D eigenvalue weighted by molar-refractivity contribution is 0.602. The Morgan fingerprint density at radius 3 is 2.93 bits per heavy atom. The van der Waals surface area contributed by atoms with Gasteiger partial charge in [-0.3, -0.25) is 0 Å². The van der Waals surface area contributed by atoms with Crippen LogP contribution >= 0.6 is 0 Å². The third-order valence-corrected chi connectivity index (χ3v) is 2.34. The topological polar surface area (TPSA) is 55.0 Å². The summed E-state index contributed by atoms with van der Waals surface area (Å²) in [5.41, 5.74) is 5.42. The van der Waals surface area contributed by atoms with Crippen molar-refractivity contribution in [2.75, 3.05) is 17.2 Å². The van der Waals surface area contributed by atoms with Crippen molar-refractivity contribution in [1.29, 1.82) is 0 Å². The van der Waals surface area contributed by atoms with E-state index in [1.807, 2.05) is 11.8 Å². The van der Waals surface area contributed by atoms with E-state index in [0.717, 1.165) is 25.6 Å². The third-order valence-electron chi connectivity index (χ3n) is 2.34. The SMILES string of the molecule is CCN(c1nc(N)ncc1F)C1CC1. The minimum atomic E-state index is -0.395. The largest absolute Gasteiger partial charge is 0.368 e. The minimum absolute atomic E-state index is 0.125. The second-order valence-electron chi connectivity index (χ2n) is 3.42. The molecule has 0 radical (unpaired) electrons. The molecule has 1 aliphatic carbocycles. The van der Waals surface area contributed by atoms with E-state index in [1.54, 1.807) is 0 Å². The first-order valence-electron chi connectivity index (χ1n) is 4.77. The molecule has 0 bridgehead atoms. The zero-order valence-corrected chi connectivity index (χ0v) is 8.07. The first-order chi connectivity index (χ1) is 6.72. The van der Waals surface area contributed by atoms with E-state index in [-0.39, 0.29) is 5.95 Å². The van der Waals surface area contributed by atoms with Gasteiger partial charge in [-0.05, 0) is 19.8 Å². The summed E-state index contributed by atoms with van der Waals surface area (Å²) in [6, 6.07) is 0.434. The first kappa shape index (κ1) is 9.18. The standard InChI is InChI=1S/C9H13FN4/c1-2-14(6-3-4-6)8-7(10)5-12-9(11)13-8/h5-6H,2-4H2,1H3,(H2,11,12,13). The molecule has 1 aromatic rings. The van der Waals surface area contributed by atoms with Crippen LogP contribution < -0.4 is 10.6 Å². The molecule has 1 saturated carbocycles. The van der Waals surface area contributed by atoms with Crippen LogP contribution in [0.5, 0.6) is 0 Å². The van der Waals surface area contributed by atoms with Gasteiger partial charge in [0.25, 0.3) is 0 Å². The van der Waals surface area contributed by atoms with E-state index in [0.29, 0.717) is 11.9 Å². The smallest absolute Gasteiger partial charge is 0.222 e. The average molecular weight is 196 g/mol. The van der Waals surface area contributed by atoms with Crippen molar-refractivity contribution >= 4 is 11.8 Å². The van der Waals surface area contributed by atoms with Gasteiger partial charge in [0.05, 0.1) is 6.20 Å². The summed E-state index contributed by atoms with van der Waals surface area (Å²) in [4.78, 5) is 9.46. The molecular weight excluding hydrogens is 183 g/mol. The summed E-state index contributed by atoms with van der Waals surface area (Å²) in [7, 11) is 0. The van der Waals surface area contributed by atoms with Crippen LogP contribution in [0.1, 0.15) is 19.8 Å². The lowest BCUT2D eigenvalue weighted by Gasteiger charge is -2.21. The molecule has 0 aliphatic heterocycles. The van der Waals surface area contributed by atoms with Crippen LogP contribution in [0.15, 0.2) is 6.20 Å². The molecule has 1 fully saturated rings. The third kappa shape index (κ3) is 1.62. The number of nitrogen functional groups attached to an aromatic ring is 1. The summed E-state index contributed by atoms with van der Waals surface area (Å²) in [6.45, 7) is 2.73. The van der Waals surface area contributed by atoms with Crippen LogP contribution in [-0.2, 0) is 0 Å². The number of anilines is 2. The fourth-order valence-electron chi connectivity index (χ4n) is 1.54. The molecule has 5 heteroatoms. The van der Waals surface area contributed by atoms with Crippen molar-refractivity contribution in [2.45, 2.75) is 25.8 Å². The molecule has 2 rings (SSSR count). The normalized spacial score (nSPS) is 15.6. The lowest BCUT2D eigenvalue weighted by atomic mass is 10.4. The van der Waals surface area contributed by atoms with E-state index in [1.165, 1.54) is 0 Å². The molecule has 14 heavy (non-hydrogen) atoms. The molecule has 1 aliphatic rings. The molecule has 0 atom stereocenters. The van der Waals surface area contributed by atoms with Gasteiger partial charge in [0, 0.05) is 12.6 Å².